The standard InChI is InChI=1S/C26H22N2O3/c29-16-18-5-1-2-6-19(18)17-9-10-22-21(15-17)25(28-11-13-30-14-12-28)26-24(27-22)20-7-3-4-8-23(20)31-26/h1-10,15,29H,11-14,16H2. The lowest BCUT2D eigenvalue weighted by molar-refractivity contribution is 0.123. The van der Waals surface area contributed by atoms with Gasteiger partial charge in [-0.25, -0.2) is 4.98 Å². The number of furan rings is 1. The van der Waals surface area contributed by atoms with Crippen molar-refractivity contribution >= 4 is 38.7 Å². The van der Waals surface area contributed by atoms with Gasteiger partial charge in [-0.2, -0.15) is 0 Å². The van der Waals surface area contributed by atoms with Crippen LogP contribution in [0.1, 0.15) is 5.56 Å². The largest absolute Gasteiger partial charge is 0.452 e. The summed E-state index contributed by atoms with van der Waals surface area (Å²) in [5, 5.41) is 11.9. The fourth-order valence-corrected chi connectivity index (χ4v) is 4.58. The number of hydrogen-bond acceptors (Lipinski definition) is 5. The lowest BCUT2D eigenvalue weighted by atomic mass is 9.97. The fraction of sp³-hybridized carbons (Fsp3) is 0.192. The molecule has 0 saturated carbocycles. The highest BCUT2D eigenvalue weighted by atomic mass is 16.5. The number of hydrogen-bond donors (Lipinski definition) is 1. The van der Waals surface area contributed by atoms with Crippen LogP contribution in [0.3, 0.4) is 0 Å². The third-order valence-electron chi connectivity index (χ3n) is 6.09. The molecule has 6 rings (SSSR count). The number of para-hydroxylation sites is 1. The molecular weight excluding hydrogens is 388 g/mol. The van der Waals surface area contributed by atoms with Crippen molar-refractivity contribution in [3.63, 3.8) is 0 Å². The maximum atomic E-state index is 9.82. The van der Waals surface area contributed by atoms with Crippen LogP contribution in [0.15, 0.2) is 71.1 Å². The summed E-state index contributed by atoms with van der Waals surface area (Å²) >= 11 is 0. The zero-order chi connectivity index (χ0) is 20.8. The van der Waals surface area contributed by atoms with E-state index in [2.05, 4.69) is 29.2 Å². The molecule has 0 radical (unpaired) electrons. The molecule has 0 amide bonds. The third-order valence-corrected chi connectivity index (χ3v) is 6.09. The van der Waals surface area contributed by atoms with E-state index in [-0.39, 0.29) is 6.61 Å². The van der Waals surface area contributed by atoms with Crippen molar-refractivity contribution in [1.29, 1.82) is 0 Å². The first-order valence-electron chi connectivity index (χ1n) is 10.6. The molecule has 0 aliphatic carbocycles. The number of aromatic nitrogens is 1. The molecule has 0 unspecified atom stereocenters. The summed E-state index contributed by atoms with van der Waals surface area (Å²) in [6, 6.07) is 22.4. The summed E-state index contributed by atoms with van der Waals surface area (Å²) < 4.78 is 12.0. The maximum absolute atomic E-state index is 9.82. The van der Waals surface area contributed by atoms with Crippen LogP contribution in [0, 0.1) is 0 Å². The first-order chi connectivity index (χ1) is 15.3. The number of rotatable bonds is 3. The Morgan fingerprint density at radius 2 is 1.71 bits per heavy atom. The lowest BCUT2D eigenvalue weighted by Crippen LogP contribution is -2.36. The van der Waals surface area contributed by atoms with Crippen LogP contribution in [-0.2, 0) is 11.3 Å². The van der Waals surface area contributed by atoms with Crippen LogP contribution in [0.4, 0.5) is 5.69 Å². The van der Waals surface area contributed by atoms with E-state index in [0.29, 0.717) is 13.2 Å². The van der Waals surface area contributed by atoms with Gasteiger partial charge in [-0.05, 0) is 41.0 Å². The van der Waals surface area contributed by atoms with Gasteiger partial charge in [0.1, 0.15) is 11.1 Å². The van der Waals surface area contributed by atoms with E-state index in [1.807, 2.05) is 42.5 Å². The summed E-state index contributed by atoms with van der Waals surface area (Å²) in [5.41, 5.74) is 7.58. The van der Waals surface area contributed by atoms with Crippen LogP contribution < -0.4 is 4.90 Å². The van der Waals surface area contributed by atoms with Gasteiger partial charge in [0.15, 0.2) is 5.58 Å². The topological polar surface area (TPSA) is 58.7 Å². The van der Waals surface area contributed by atoms with Crippen LogP contribution >= 0.6 is 0 Å². The van der Waals surface area contributed by atoms with Crippen molar-refractivity contribution in [3.05, 3.63) is 72.3 Å². The molecule has 1 saturated heterocycles. The number of benzene rings is 3. The van der Waals surface area contributed by atoms with Gasteiger partial charge in [-0.1, -0.05) is 42.5 Å². The predicted molar refractivity (Wildman–Crippen MR) is 123 cm³/mol. The molecule has 1 aliphatic rings. The second kappa shape index (κ2) is 7.38. The van der Waals surface area contributed by atoms with Gasteiger partial charge in [-0.15, -0.1) is 0 Å². The van der Waals surface area contributed by atoms with Gasteiger partial charge >= 0.3 is 0 Å². The Hall–Kier alpha value is -3.41. The molecule has 5 nitrogen and oxygen atoms in total. The van der Waals surface area contributed by atoms with Gasteiger partial charge < -0.3 is 19.2 Å². The number of aliphatic hydroxyl groups is 1. The second-order valence-corrected chi connectivity index (χ2v) is 7.88. The highest BCUT2D eigenvalue weighted by Gasteiger charge is 2.23. The molecule has 154 valence electrons. The Labute approximate surface area is 179 Å². The number of morpholine rings is 1. The number of nitrogens with zero attached hydrogens (tertiary/aromatic N) is 2. The quantitative estimate of drug-likeness (QED) is 0.447. The summed E-state index contributed by atoms with van der Waals surface area (Å²) in [7, 11) is 0. The molecule has 0 bridgehead atoms. The molecule has 2 aromatic heterocycles. The number of ether oxygens (including phenoxy) is 1. The smallest absolute Gasteiger partial charge is 0.177 e. The summed E-state index contributed by atoms with van der Waals surface area (Å²) in [4.78, 5) is 7.34. The Morgan fingerprint density at radius 3 is 2.58 bits per heavy atom. The molecular formula is C26H22N2O3. The van der Waals surface area contributed by atoms with Gasteiger partial charge in [-0.3, -0.25) is 0 Å². The zero-order valence-electron chi connectivity index (χ0n) is 17.0. The minimum atomic E-state index is 0.00535. The van der Waals surface area contributed by atoms with E-state index in [0.717, 1.165) is 68.4 Å². The minimum absolute atomic E-state index is 0.00535. The zero-order valence-corrected chi connectivity index (χ0v) is 17.0. The summed E-state index contributed by atoms with van der Waals surface area (Å²) in [5.74, 6) is 0. The van der Waals surface area contributed by atoms with E-state index in [4.69, 9.17) is 14.1 Å². The molecule has 31 heavy (non-hydrogen) atoms. The molecule has 1 N–H and O–H groups in total. The van der Waals surface area contributed by atoms with Gasteiger partial charge in [0.05, 0.1) is 31.0 Å². The van der Waals surface area contributed by atoms with E-state index >= 15 is 0 Å². The molecule has 3 aromatic carbocycles. The lowest BCUT2D eigenvalue weighted by Gasteiger charge is -2.29. The van der Waals surface area contributed by atoms with Crippen molar-refractivity contribution in [1.82, 2.24) is 4.98 Å². The first kappa shape index (κ1) is 18.4. The SMILES string of the molecule is OCc1ccccc1-c1ccc2nc3c(oc4ccccc43)c(N3CCOCC3)c2c1. The second-order valence-electron chi connectivity index (χ2n) is 7.88. The van der Waals surface area contributed by atoms with E-state index in [9.17, 15) is 5.11 Å². The minimum Gasteiger partial charge on any atom is -0.452 e. The fourth-order valence-electron chi connectivity index (χ4n) is 4.58. The summed E-state index contributed by atoms with van der Waals surface area (Å²) in [6.45, 7) is 3.01. The Balaban J connectivity index is 1.68. The van der Waals surface area contributed by atoms with Crippen molar-refractivity contribution in [2.24, 2.45) is 0 Å². The molecule has 5 heteroatoms. The van der Waals surface area contributed by atoms with Crippen LogP contribution in [0.2, 0.25) is 0 Å². The van der Waals surface area contributed by atoms with Gasteiger partial charge in [0.25, 0.3) is 0 Å². The number of fused-ring (bicyclic) bond motifs is 4. The van der Waals surface area contributed by atoms with Crippen LogP contribution in [-0.4, -0.2) is 36.4 Å². The predicted octanol–water partition coefficient (Wildman–Crippen LogP) is 5.13. The number of aliphatic hydroxyl groups excluding tert-OH is 1. The molecule has 3 heterocycles. The first-order valence-corrected chi connectivity index (χ1v) is 10.6. The van der Waals surface area contributed by atoms with E-state index < -0.39 is 0 Å². The third kappa shape index (κ3) is 2.97. The van der Waals surface area contributed by atoms with Crippen molar-refractivity contribution in [2.45, 2.75) is 6.61 Å². The summed E-state index contributed by atoms with van der Waals surface area (Å²) in [6.07, 6.45) is 0. The Morgan fingerprint density at radius 1 is 0.903 bits per heavy atom. The maximum Gasteiger partial charge on any atom is 0.177 e. The number of anilines is 1. The van der Waals surface area contributed by atoms with Crippen molar-refractivity contribution < 1.29 is 14.3 Å². The van der Waals surface area contributed by atoms with Crippen LogP contribution in [0.5, 0.6) is 0 Å². The van der Waals surface area contributed by atoms with Gasteiger partial charge in [0, 0.05) is 23.9 Å². The monoisotopic (exact) mass is 410 g/mol. The Kier molecular flexibility index (Phi) is 4.37. The van der Waals surface area contributed by atoms with Crippen molar-refractivity contribution in [3.8, 4) is 11.1 Å². The highest BCUT2D eigenvalue weighted by Crippen LogP contribution is 2.40. The average Bonchev–Trinajstić information content (AvgIpc) is 3.20. The van der Waals surface area contributed by atoms with Gasteiger partial charge in [0.2, 0.25) is 0 Å². The Bertz CT molecular complexity index is 1420. The highest BCUT2D eigenvalue weighted by molar-refractivity contribution is 6.14. The average molecular weight is 410 g/mol. The normalized spacial score (nSPS) is 14.7. The van der Waals surface area contributed by atoms with Crippen molar-refractivity contribution in [2.75, 3.05) is 31.2 Å². The molecule has 1 aliphatic heterocycles. The van der Waals surface area contributed by atoms with E-state index in [1.165, 1.54) is 0 Å². The molecule has 0 spiro atoms. The molecule has 5 aromatic rings. The molecule has 0 atom stereocenters. The van der Waals surface area contributed by atoms with Crippen LogP contribution in [0.25, 0.3) is 44.1 Å². The number of pyridine rings is 1. The van der Waals surface area contributed by atoms with E-state index in [1.54, 1.807) is 0 Å². The molecule has 1 fully saturated rings.